The van der Waals surface area contributed by atoms with Gasteiger partial charge in [-0.1, -0.05) is 26.3 Å². The lowest BCUT2D eigenvalue weighted by molar-refractivity contribution is -0.105. The lowest BCUT2D eigenvalue weighted by atomic mass is 9.56. The maximum absolute atomic E-state index is 11.4. The Labute approximate surface area is 151 Å². The number of allylic oxidation sites excluding steroid dienone is 2. The van der Waals surface area contributed by atoms with Crippen molar-refractivity contribution in [2.75, 3.05) is 14.2 Å². The monoisotopic (exact) mass is 342 g/mol. The van der Waals surface area contributed by atoms with Gasteiger partial charge in [-0.2, -0.15) is 0 Å². The normalized spacial score (nSPS) is 25.5. The number of fused-ring (bicyclic) bond motifs is 3. The second kappa shape index (κ2) is 6.51. The van der Waals surface area contributed by atoms with E-state index in [-0.39, 0.29) is 5.41 Å². The standard InChI is InChI=1S/C22H30O3/c1-13(2)17-11-19(24-5)20-16(21(17)25-6)7-8-18-14(3)15(12-23)9-10-22(18,20)4/h11-13,18H,7-10H2,1-6H3. The van der Waals surface area contributed by atoms with Crippen LogP contribution in [0.25, 0.3) is 0 Å². The van der Waals surface area contributed by atoms with Crippen molar-refractivity contribution < 1.29 is 14.3 Å². The number of benzene rings is 1. The molecule has 2 aliphatic carbocycles. The average Bonchev–Trinajstić information content (AvgIpc) is 2.60. The van der Waals surface area contributed by atoms with E-state index in [4.69, 9.17) is 9.47 Å². The fourth-order valence-electron chi connectivity index (χ4n) is 5.15. The highest BCUT2D eigenvalue weighted by Gasteiger charge is 2.47. The third-order valence-electron chi connectivity index (χ3n) is 6.53. The highest BCUT2D eigenvalue weighted by Crippen LogP contribution is 2.56. The van der Waals surface area contributed by atoms with Crippen molar-refractivity contribution >= 4 is 6.29 Å². The minimum atomic E-state index is -0.00168. The molecule has 136 valence electrons. The van der Waals surface area contributed by atoms with E-state index in [2.05, 4.69) is 33.8 Å². The molecule has 0 heterocycles. The molecular weight excluding hydrogens is 312 g/mol. The SMILES string of the molecule is COc1cc(C(C)C)c(OC)c2c1C1(C)CCC(C=O)=C(C)C1CC2. The van der Waals surface area contributed by atoms with Crippen molar-refractivity contribution in [3.05, 3.63) is 33.9 Å². The summed E-state index contributed by atoms with van der Waals surface area (Å²) in [5.41, 5.74) is 6.09. The first kappa shape index (κ1) is 18.0. The van der Waals surface area contributed by atoms with Crippen molar-refractivity contribution in [3.63, 3.8) is 0 Å². The van der Waals surface area contributed by atoms with Crippen LogP contribution in [0.15, 0.2) is 17.2 Å². The molecule has 2 unspecified atom stereocenters. The van der Waals surface area contributed by atoms with E-state index in [1.54, 1.807) is 14.2 Å². The molecule has 2 atom stereocenters. The second-order valence-electron chi connectivity index (χ2n) is 8.04. The van der Waals surface area contributed by atoms with Crippen LogP contribution in [-0.2, 0) is 16.6 Å². The fraction of sp³-hybridized carbons (Fsp3) is 0.591. The summed E-state index contributed by atoms with van der Waals surface area (Å²) in [5, 5.41) is 0. The van der Waals surface area contributed by atoms with Gasteiger partial charge in [0.05, 0.1) is 14.2 Å². The zero-order chi connectivity index (χ0) is 18.4. The summed E-state index contributed by atoms with van der Waals surface area (Å²) in [6.45, 7) is 8.88. The number of hydrogen-bond donors (Lipinski definition) is 0. The Morgan fingerprint density at radius 3 is 2.52 bits per heavy atom. The molecule has 1 aromatic carbocycles. The number of aldehydes is 1. The molecule has 0 amide bonds. The van der Waals surface area contributed by atoms with Crippen LogP contribution >= 0.6 is 0 Å². The van der Waals surface area contributed by atoms with Gasteiger partial charge >= 0.3 is 0 Å². The summed E-state index contributed by atoms with van der Waals surface area (Å²) in [6.07, 6.45) is 4.92. The minimum Gasteiger partial charge on any atom is -0.496 e. The van der Waals surface area contributed by atoms with Gasteiger partial charge in [0.25, 0.3) is 0 Å². The highest BCUT2D eigenvalue weighted by atomic mass is 16.5. The fourth-order valence-corrected chi connectivity index (χ4v) is 5.15. The number of hydrogen-bond acceptors (Lipinski definition) is 3. The maximum Gasteiger partial charge on any atom is 0.145 e. The van der Waals surface area contributed by atoms with Crippen LogP contribution in [0.2, 0.25) is 0 Å². The summed E-state index contributed by atoms with van der Waals surface area (Å²) < 4.78 is 11.7. The second-order valence-corrected chi connectivity index (χ2v) is 8.04. The molecule has 0 aromatic heterocycles. The predicted octanol–water partition coefficient (Wildman–Crippen LogP) is 4.96. The quantitative estimate of drug-likeness (QED) is 0.726. The summed E-state index contributed by atoms with van der Waals surface area (Å²) >= 11 is 0. The summed E-state index contributed by atoms with van der Waals surface area (Å²) in [6, 6.07) is 2.17. The first-order chi connectivity index (χ1) is 11.9. The van der Waals surface area contributed by atoms with E-state index in [9.17, 15) is 4.79 Å². The van der Waals surface area contributed by atoms with Crippen LogP contribution in [0.1, 0.15) is 69.6 Å². The van der Waals surface area contributed by atoms with Gasteiger partial charge in [-0.3, -0.25) is 4.79 Å². The van der Waals surface area contributed by atoms with Gasteiger partial charge in [-0.05, 0) is 56.1 Å². The van der Waals surface area contributed by atoms with Gasteiger partial charge in [0, 0.05) is 22.1 Å². The molecule has 0 radical (unpaired) electrons. The van der Waals surface area contributed by atoms with Gasteiger partial charge in [-0.15, -0.1) is 0 Å². The number of methoxy groups -OCH3 is 2. The summed E-state index contributed by atoms with van der Waals surface area (Å²) in [7, 11) is 3.54. The van der Waals surface area contributed by atoms with Crippen molar-refractivity contribution in [2.45, 2.75) is 64.7 Å². The Bertz CT molecular complexity index is 729. The van der Waals surface area contributed by atoms with Crippen LogP contribution in [-0.4, -0.2) is 20.5 Å². The Hall–Kier alpha value is -1.77. The van der Waals surface area contributed by atoms with Crippen molar-refractivity contribution in [3.8, 4) is 11.5 Å². The first-order valence-corrected chi connectivity index (χ1v) is 9.32. The zero-order valence-electron chi connectivity index (χ0n) is 16.4. The lowest BCUT2D eigenvalue weighted by Crippen LogP contribution is -2.41. The van der Waals surface area contributed by atoms with Crippen molar-refractivity contribution in [1.82, 2.24) is 0 Å². The Morgan fingerprint density at radius 1 is 1.24 bits per heavy atom. The third-order valence-corrected chi connectivity index (χ3v) is 6.53. The maximum atomic E-state index is 11.4. The van der Waals surface area contributed by atoms with E-state index < -0.39 is 0 Å². The molecule has 0 N–H and O–H groups in total. The highest BCUT2D eigenvalue weighted by molar-refractivity contribution is 5.75. The molecule has 0 spiro atoms. The van der Waals surface area contributed by atoms with Crippen molar-refractivity contribution in [2.24, 2.45) is 5.92 Å². The third kappa shape index (κ3) is 2.59. The molecule has 2 aliphatic rings. The lowest BCUT2D eigenvalue weighted by Gasteiger charge is -2.48. The van der Waals surface area contributed by atoms with Crippen molar-refractivity contribution in [1.29, 1.82) is 0 Å². The topological polar surface area (TPSA) is 35.5 Å². The zero-order valence-corrected chi connectivity index (χ0v) is 16.4. The molecule has 1 aromatic rings. The van der Waals surface area contributed by atoms with Crippen LogP contribution in [0, 0.1) is 5.92 Å². The van der Waals surface area contributed by atoms with Gasteiger partial charge in [0.1, 0.15) is 17.8 Å². The number of carbonyl (C=O) groups excluding carboxylic acids is 1. The van der Waals surface area contributed by atoms with E-state index >= 15 is 0 Å². The number of carbonyl (C=O) groups is 1. The minimum absolute atomic E-state index is 0.00168. The summed E-state index contributed by atoms with van der Waals surface area (Å²) in [5.74, 6) is 2.80. The number of ether oxygens (including phenoxy) is 2. The molecule has 0 saturated carbocycles. The Kier molecular flexibility index (Phi) is 4.70. The van der Waals surface area contributed by atoms with E-state index in [1.807, 2.05) is 0 Å². The molecule has 3 nitrogen and oxygen atoms in total. The first-order valence-electron chi connectivity index (χ1n) is 9.32. The van der Waals surface area contributed by atoms with Crippen LogP contribution in [0.5, 0.6) is 11.5 Å². The number of rotatable bonds is 4. The molecule has 0 bridgehead atoms. The molecular formula is C22H30O3. The van der Waals surface area contributed by atoms with Gasteiger partial charge in [-0.25, -0.2) is 0 Å². The molecule has 0 saturated heterocycles. The Balaban J connectivity index is 2.26. The smallest absolute Gasteiger partial charge is 0.145 e. The molecule has 0 fully saturated rings. The predicted molar refractivity (Wildman–Crippen MR) is 101 cm³/mol. The van der Waals surface area contributed by atoms with Gasteiger partial charge in [0.15, 0.2) is 0 Å². The van der Waals surface area contributed by atoms with Crippen LogP contribution in [0.4, 0.5) is 0 Å². The van der Waals surface area contributed by atoms with Gasteiger partial charge < -0.3 is 9.47 Å². The average molecular weight is 342 g/mol. The molecule has 25 heavy (non-hydrogen) atoms. The molecule has 0 aliphatic heterocycles. The largest absolute Gasteiger partial charge is 0.496 e. The van der Waals surface area contributed by atoms with Crippen LogP contribution in [0.3, 0.4) is 0 Å². The Morgan fingerprint density at radius 2 is 1.96 bits per heavy atom. The summed E-state index contributed by atoms with van der Waals surface area (Å²) in [4.78, 5) is 11.4. The van der Waals surface area contributed by atoms with Crippen LogP contribution < -0.4 is 9.47 Å². The van der Waals surface area contributed by atoms with E-state index in [1.165, 1.54) is 22.3 Å². The van der Waals surface area contributed by atoms with E-state index in [0.29, 0.717) is 11.8 Å². The van der Waals surface area contributed by atoms with Gasteiger partial charge in [0.2, 0.25) is 0 Å². The molecule has 3 heteroatoms. The molecule has 3 rings (SSSR count). The van der Waals surface area contributed by atoms with E-state index in [0.717, 1.165) is 49.0 Å².